The van der Waals surface area contributed by atoms with Crippen LogP contribution in [0.1, 0.15) is 61.3 Å². The number of aromatic nitrogens is 1. The number of amides is 1. The lowest BCUT2D eigenvalue weighted by Gasteiger charge is -2.53. The Kier molecular flexibility index (Phi) is 5.84. The van der Waals surface area contributed by atoms with Gasteiger partial charge in [0.25, 0.3) is 5.91 Å². The summed E-state index contributed by atoms with van der Waals surface area (Å²) in [5, 5.41) is 13.1. The molecule has 2 aromatic rings. The molecule has 1 amide bonds. The standard InChI is InChI=1S/C28H33N3O3/c1-4-16-29-27(18(2)3)31(30-17-15-23(32)26(33)25(30)28(29)34)24-21-11-7-5-9-19(21)13-14-20-10-6-8-12-22(20)24/h5-12,15,17-19,21,24,27,33H,4,13-14,16H2,1-3H3. The molecule has 0 radical (unpaired) electrons. The maximum absolute atomic E-state index is 13.7. The first kappa shape index (κ1) is 22.5. The molecule has 5 rings (SSSR count). The summed E-state index contributed by atoms with van der Waals surface area (Å²) < 4.78 is 1.77. The summed E-state index contributed by atoms with van der Waals surface area (Å²) in [4.78, 5) is 27.9. The van der Waals surface area contributed by atoms with E-state index >= 15 is 0 Å². The fraction of sp³-hybridized carbons (Fsp3) is 0.429. The van der Waals surface area contributed by atoms with Crippen LogP contribution >= 0.6 is 0 Å². The first-order chi connectivity index (χ1) is 16.4. The molecular formula is C28H33N3O3. The number of benzene rings is 1. The Balaban J connectivity index is 1.80. The van der Waals surface area contributed by atoms with Crippen molar-refractivity contribution < 1.29 is 9.90 Å². The van der Waals surface area contributed by atoms with Gasteiger partial charge in [-0.05, 0) is 42.2 Å². The van der Waals surface area contributed by atoms with Crippen LogP contribution < -0.4 is 10.4 Å². The molecule has 1 N–H and O–H groups in total. The molecule has 0 saturated heterocycles. The van der Waals surface area contributed by atoms with Crippen LogP contribution in [0.5, 0.6) is 5.75 Å². The summed E-state index contributed by atoms with van der Waals surface area (Å²) in [6.45, 7) is 6.88. The van der Waals surface area contributed by atoms with Crippen molar-refractivity contribution in [1.29, 1.82) is 0 Å². The van der Waals surface area contributed by atoms with Crippen molar-refractivity contribution in [2.24, 2.45) is 17.8 Å². The van der Waals surface area contributed by atoms with Gasteiger partial charge in [-0.25, -0.2) is 0 Å². The summed E-state index contributed by atoms with van der Waals surface area (Å²) >= 11 is 0. The van der Waals surface area contributed by atoms with Crippen molar-refractivity contribution in [2.75, 3.05) is 11.6 Å². The maximum atomic E-state index is 13.7. The number of carbonyl (C=O) groups is 1. The largest absolute Gasteiger partial charge is 0.502 e. The number of rotatable bonds is 4. The van der Waals surface area contributed by atoms with E-state index in [0.717, 1.165) is 19.3 Å². The molecule has 6 heteroatoms. The highest BCUT2D eigenvalue weighted by molar-refractivity contribution is 5.96. The molecule has 6 nitrogen and oxygen atoms in total. The zero-order valence-electron chi connectivity index (χ0n) is 20.1. The first-order valence-corrected chi connectivity index (χ1v) is 12.4. The van der Waals surface area contributed by atoms with Gasteiger partial charge in [0, 0.05) is 24.7 Å². The molecule has 4 atom stereocenters. The van der Waals surface area contributed by atoms with Gasteiger partial charge < -0.3 is 10.0 Å². The Morgan fingerprint density at radius 3 is 2.62 bits per heavy atom. The van der Waals surface area contributed by atoms with Crippen molar-refractivity contribution in [3.8, 4) is 5.75 Å². The average Bonchev–Trinajstić information content (AvgIpc) is 2.99. The molecule has 1 aromatic heterocycles. The average molecular weight is 460 g/mol. The van der Waals surface area contributed by atoms with Gasteiger partial charge in [0.05, 0.1) is 6.04 Å². The molecule has 4 unspecified atom stereocenters. The van der Waals surface area contributed by atoms with Crippen LogP contribution in [0, 0.1) is 17.8 Å². The number of carbonyl (C=O) groups excluding carboxylic acids is 1. The van der Waals surface area contributed by atoms with E-state index in [2.05, 4.69) is 67.4 Å². The highest BCUT2D eigenvalue weighted by atomic mass is 16.3. The van der Waals surface area contributed by atoms with Crippen LogP contribution in [0.25, 0.3) is 0 Å². The van der Waals surface area contributed by atoms with E-state index in [1.165, 1.54) is 17.2 Å². The number of nitrogens with zero attached hydrogens (tertiary/aromatic N) is 3. The monoisotopic (exact) mass is 459 g/mol. The second-order valence-electron chi connectivity index (χ2n) is 9.95. The first-order valence-electron chi connectivity index (χ1n) is 12.4. The smallest absolute Gasteiger partial charge is 0.278 e. The van der Waals surface area contributed by atoms with Gasteiger partial charge in [-0.2, -0.15) is 0 Å². The third-order valence-electron chi connectivity index (χ3n) is 7.48. The molecule has 178 valence electrons. The fourth-order valence-corrected chi connectivity index (χ4v) is 6.07. The second kappa shape index (κ2) is 8.82. The summed E-state index contributed by atoms with van der Waals surface area (Å²) in [5.41, 5.74) is 2.09. The predicted molar refractivity (Wildman–Crippen MR) is 133 cm³/mol. The van der Waals surface area contributed by atoms with Crippen LogP contribution in [0.2, 0.25) is 0 Å². The third kappa shape index (κ3) is 3.47. The normalized spacial score (nSPS) is 25.7. The van der Waals surface area contributed by atoms with Crippen LogP contribution in [0.4, 0.5) is 0 Å². The molecule has 3 aliphatic rings. The number of hydrogen-bond acceptors (Lipinski definition) is 4. The van der Waals surface area contributed by atoms with Gasteiger partial charge in [0.1, 0.15) is 6.17 Å². The quantitative estimate of drug-likeness (QED) is 0.737. The topological polar surface area (TPSA) is 65.8 Å². The lowest BCUT2D eigenvalue weighted by Crippen LogP contribution is -2.65. The molecule has 0 saturated carbocycles. The fourth-order valence-electron chi connectivity index (χ4n) is 6.07. The van der Waals surface area contributed by atoms with Gasteiger partial charge in [0.2, 0.25) is 5.43 Å². The van der Waals surface area contributed by atoms with Crippen molar-refractivity contribution in [1.82, 2.24) is 9.58 Å². The van der Waals surface area contributed by atoms with E-state index in [0.29, 0.717) is 12.5 Å². The molecule has 1 aromatic carbocycles. The number of hydrogen-bond donors (Lipinski definition) is 1. The van der Waals surface area contributed by atoms with E-state index < -0.39 is 11.2 Å². The van der Waals surface area contributed by atoms with Gasteiger partial charge in [-0.1, -0.05) is 69.3 Å². The molecule has 2 aliphatic carbocycles. The van der Waals surface area contributed by atoms with E-state index in [4.69, 9.17) is 0 Å². The minimum absolute atomic E-state index is 0.0615. The van der Waals surface area contributed by atoms with Gasteiger partial charge in [-0.3, -0.25) is 19.3 Å². The number of fused-ring (bicyclic) bond motifs is 3. The van der Waals surface area contributed by atoms with Crippen LogP contribution in [-0.2, 0) is 6.42 Å². The van der Waals surface area contributed by atoms with E-state index in [1.807, 2.05) is 11.8 Å². The molecular weight excluding hydrogens is 426 g/mol. The van der Waals surface area contributed by atoms with Crippen molar-refractivity contribution >= 4 is 5.91 Å². The highest BCUT2D eigenvalue weighted by Crippen LogP contribution is 2.45. The molecule has 0 fully saturated rings. The number of pyridine rings is 1. The zero-order valence-corrected chi connectivity index (χ0v) is 20.1. The minimum Gasteiger partial charge on any atom is -0.502 e. The number of allylic oxidation sites excluding steroid dienone is 3. The lowest BCUT2D eigenvalue weighted by molar-refractivity contribution is 0.0433. The summed E-state index contributed by atoms with van der Waals surface area (Å²) in [6.07, 6.45) is 13.1. The predicted octanol–water partition coefficient (Wildman–Crippen LogP) is 4.39. The Bertz CT molecular complexity index is 1210. The summed E-state index contributed by atoms with van der Waals surface area (Å²) in [6, 6.07) is 9.89. The van der Waals surface area contributed by atoms with Gasteiger partial charge in [-0.15, -0.1) is 0 Å². The maximum Gasteiger partial charge on any atom is 0.278 e. The SMILES string of the molecule is CCCN1C(=O)c2c(O)c(=O)ccn2N(C2c3ccccc3CCC3C=CC=CC32)C1C(C)C. The van der Waals surface area contributed by atoms with E-state index in [-0.39, 0.29) is 35.6 Å². The summed E-state index contributed by atoms with van der Waals surface area (Å²) in [7, 11) is 0. The Morgan fingerprint density at radius 2 is 1.85 bits per heavy atom. The molecule has 0 bridgehead atoms. The molecule has 2 heterocycles. The third-order valence-corrected chi connectivity index (χ3v) is 7.48. The van der Waals surface area contributed by atoms with Crippen molar-refractivity contribution in [3.05, 3.63) is 87.9 Å². The summed E-state index contributed by atoms with van der Waals surface area (Å²) in [5.74, 6) is -0.0741. The number of aryl methyl sites for hydroxylation is 1. The Labute approximate surface area is 200 Å². The lowest BCUT2D eigenvalue weighted by atomic mass is 9.79. The van der Waals surface area contributed by atoms with Crippen LogP contribution in [-0.4, -0.2) is 33.3 Å². The van der Waals surface area contributed by atoms with Crippen LogP contribution in [0.15, 0.2) is 65.6 Å². The second-order valence-corrected chi connectivity index (χ2v) is 9.95. The molecule has 0 spiro atoms. The highest BCUT2D eigenvalue weighted by Gasteiger charge is 2.47. The van der Waals surface area contributed by atoms with Crippen molar-refractivity contribution in [2.45, 2.75) is 52.2 Å². The van der Waals surface area contributed by atoms with Crippen molar-refractivity contribution in [3.63, 3.8) is 0 Å². The molecule has 1 aliphatic heterocycles. The van der Waals surface area contributed by atoms with E-state index in [9.17, 15) is 14.7 Å². The Hall–Kier alpha value is -3.28. The molecule has 34 heavy (non-hydrogen) atoms. The van der Waals surface area contributed by atoms with Gasteiger partial charge in [0.15, 0.2) is 11.4 Å². The minimum atomic E-state index is -0.529. The Morgan fingerprint density at radius 1 is 1.09 bits per heavy atom. The van der Waals surface area contributed by atoms with Crippen LogP contribution in [0.3, 0.4) is 0 Å². The van der Waals surface area contributed by atoms with Gasteiger partial charge >= 0.3 is 0 Å². The zero-order chi connectivity index (χ0) is 24.0. The number of aromatic hydroxyl groups is 1. The van der Waals surface area contributed by atoms with E-state index in [1.54, 1.807) is 10.9 Å².